The molecule has 2 unspecified atom stereocenters. The van der Waals surface area contributed by atoms with E-state index >= 15 is 0 Å². The summed E-state index contributed by atoms with van der Waals surface area (Å²) in [6.45, 7) is 0.262. The van der Waals surface area contributed by atoms with Crippen LogP contribution in [0.1, 0.15) is 44.1 Å². The van der Waals surface area contributed by atoms with E-state index in [1.165, 1.54) is 0 Å². The fraction of sp³-hybridized carbons (Fsp3) is 0.556. The van der Waals surface area contributed by atoms with Gasteiger partial charge in [0.1, 0.15) is 6.61 Å². The number of fused-ring (bicyclic) bond motifs is 2. The molecule has 2 heterocycles. The topological polar surface area (TPSA) is 73.6 Å². The molecule has 1 amide bonds. The second kappa shape index (κ2) is 6.59. The minimum absolute atomic E-state index is 0.0240. The lowest BCUT2D eigenvalue weighted by Gasteiger charge is -2.50. The third-order valence-electron chi connectivity index (χ3n) is 4.92. The zero-order valence-electron chi connectivity index (χ0n) is 13.1. The number of amides is 1. The molecule has 1 aromatic rings. The fourth-order valence-corrected chi connectivity index (χ4v) is 3.91. The van der Waals surface area contributed by atoms with E-state index in [9.17, 15) is 9.90 Å². The van der Waals surface area contributed by atoms with Gasteiger partial charge in [-0.25, -0.2) is 4.79 Å². The van der Waals surface area contributed by atoms with Gasteiger partial charge in [0.05, 0.1) is 18.1 Å². The molecule has 2 aliphatic heterocycles. The molecule has 0 saturated carbocycles. The van der Waals surface area contributed by atoms with E-state index in [1.807, 2.05) is 30.3 Å². The maximum Gasteiger partial charge on any atom is 0.410 e. The van der Waals surface area contributed by atoms with Gasteiger partial charge in [0, 0.05) is 12.1 Å². The number of benzene rings is 1. The minimum atomic E-state index is -0.958. The third kappa shape index (κ3) is 3.48. The van der Waals surface area contributed by atoms with Crippen LogP contribution in [0.4, 0.5) is 4.79 Å². The van der Waals surface area contributed by atoms with Crippen LogP contribution in [-0.2, 0) is 11.3 Å². The predicted octanol–water partition coefficient (Wildman–Crippen LogP) is 2.98. The molecule has 2 bridgehead atoms. The van der Waals surface area contributed by atoms with Crippen LogP contribution >= 0.6 is 0 Å². The standard InChI is InChI=1S/C18H22N2O3/c19-10-9-18(22)11-15-7-4-8-16(12-18)20(15)17(21)23-13-14-5-2-1-3-6-14/h1-3,5-6,15-16,22H,4,7-9,11-13H2. The van der Waals surface area contributed by atoms with E-state index in [0.29, 0.717) is 12.8 Å². The van der Waals surface area contributed by atoms with Gasteiger partial charge in [-0.15, -0.1) is 0 Å². The molecule has 5 heteroatoms. The largest absolute Gasteiger partial charge is 0.445 e. The summed E-state index contributed by atoms with van der Waals surface area (Å²) < 4.78 is 5.47. The van der Waals surface area contributed by atoms with Gasteiger partial charge in [-0.2, -0.15) is 5.26 Å². The first-order valence-electron chi connectivity index (χ1n) is 8.20. The monoisotopic (exact) mass is 314 g/mol. The zero-order chi connectivity index (χ0) is 16.3. The normalized spacial score (nSPS) is 29.7. The molecule has 2 saturated heterocycles. The van der Waals surface area contributed by atoms with Gasteiger partial charge in [0.15, 0.2) is 0 Å². The zero-order valence-corrected chi connectivity index (χ0v) is 13.1. The lowest BCUT2D eigenvalue weighted by atomic mass is 9.74. The summed E-state index contributed by atoms with van der Waals surface area (Å²) in [6, 6.07) is 11.6. The van der Waals surface area contributed by atoms with Gasteiger partial charge in [0.25, 0.3) is 0 Å². The first-order valence-corrected chi connectivity index (χ1v) is 8.20. The summed E-state index contributed by atoms with van der Waals surface area (Å²) in [5.41, 5.74) is 0.00442. The lowest BCUT2D eigenvalue weighted by Crippen LogP contribution is -2.59. The summed E-state index contributed by atoms with van der Waals surface area (Å²) in [5, 5.41) is 19.5. The maximum atomic E-state index is 12.5. The summed E-state index contributed by atoms with van der Waals surface area (Å²) in [7, 11) is 0. The Bertz CT molecular complexity index is 582. The van der Waals surface area contributed by atoms with Crippen molar-refractivity contribution < 1.29 is 14.6 Å². The number of ether oxygens (including phenoxy) is 1. The number of rotatable bonds is 3. The van der Waals surface area contributed by atoms with Crippen LogP contribution in [0.5, 0.6) is 0 Å². The highest BCUT2D eigenvalue weighted by Crippen LogP contribution is 2.40. The molecule has 23 heavy (non-hydrogen) atoms. The van der Waals surface area contributed by atoms with Crippen molar-refractivity contribution >= 4 is 6.09 Å². The summed E-state index contributed by atoms with van der Waals surface area (Å²) in [4.78, 5) is 14.3. The summed E-state index contributed by atoms with van der Waals surface area (Å²) in [5.74, 6) is 0. The fourth-order valence-electron chi connectivity index (χ4n) is 3.91. The Labute approximate surface area is 136 Å². The number of carbonyl (C=O) groups is 1. The van der Waals surface area contributed by atoms with Crippen LogP contribution in [-0.4, -0.2) is 33.8 Å². The second-order valence-corrected chi connectivity index (χ2v) is 6.65. The molecule has 5 nitrogen and oxygen atoms in total. The minimum Gasteiger partial charge on any atom is -0.445 e. The van der Waals surface area contributed by atoms with Crippen LogP contribution in [0.25, 0.3) is 0 Å². The molecule has 122 valence electrons. The van der Waals surface area contributed by atoms with Gasteiger partial charge in [0.2, 0.25) is 0 Å². The van der Waals surface area contributed by atoms with Crippen LogP contribution < -0.4 is 0 Å². The van der Waals surface area contributed by atoms with Crippen molar-refractivity contribution in [1.82, 2.24) is 4.90 Å². The van der Waals surface area contributed by atoms with Crippen molar-refractivity contribution in [2.75, 3.05) is 0 Å². The number of hydrogen-bond acceptors (Lipinski definition) is 4. The van der Waals surface area contributed by atoms with Crippen molar-refractivity contribution in [2.24, 2.45) is 0 Å². The number of hydrogen-bond donors (Lipinski definition) is 1. The molecule has 0 radical (unpaired) electrons. The highest BCUT2D eigenvalue weighted by atomic mass is 16.6. The molecule has 0 aliphatic carbocycles. The molecule has 1 aromatic carbocycles. The molecule has 2 fully saturated rings. The quantitative estimate of drug-likeness (QED) is 0.931. The maximum absolute atomic E-state index is 12.5. The number of nitrogens with zero attached hydrogens (tertiary/aromatic N) is 2. The molecule has 2 aliphatic rings. The Kier molecular flexibility index (Phi) is 4.53. The smallest absolute Gasteiger partial charge is 0.410 e. The van der Waals surface area contributed by atoms with Gasteiger partial charge >= 0.3 is 6.09 Å². The van der Waals surface area contributed by atoms with Crippen molar-refractivity contribution in [2.45, 2.75) is 62.8 Å². The Balaban J connectivity index is 1.65. The van der Waals surface area contributed by atoms with E-state index < -0.39 is 5.60 Å². The average molecular weight is 314 g/mol. The van der Waals surface area contributed by atoms with Crippen molar-refractivity contribution in [3.05, 3.63) is 35.9 Å². The van der Waals surface area contributed by atoms with Crippen LogP contribution in [0.2, 0.25) is 0 Å². The molecule has 3 rings (SSSR count). The SMILES string of the molecule is N#CCC1(O)CC2CCCC(C1)N2C(=O)OCc1ccccc1. The molecular formula is C18H22N2O3. The van der Waals surface area contributed by atoms with E-state index in [-0.39, 0.29) is 31.2 Å². The average Bonchev–Trinajstić information content (AvgIpc) is 2.53. The van der Waals surface area contributed by atoms with Crippen molar-refractivity contribution in [1.29, 1.82) is 5.26 Å². The summed E-state index contributed by atoms with van der Waals surface area (Å²) >= 11 is 0. The molecular weight excluding hydrogens is 292 g/mol. The second-order valence-electron chi connectivity index (χ2n) is 6.65. The summed E-state index contributed by atoms with van der Waals surface area (Å²) in [6.07, 6.45) is 3.56. The number of carbonyl (C=O) groups excluding carboxylic acids is 1. The first-order chi connectivity index (χ1) is 11.1. The van der Waals surface area contributed by atoms with E-state index in [0.717, 1.165) is 24.8 Å². The lowest BCUT2D eigenvalue weighted by molar-refractivity contribution is -0.0824. The van der Waals surface area contributed by atoms with Crippen molar-refractivity contribution in [3.8, 4) is 6.07 Å². The van der Waals surface area contributed by atoms with Gasteiger partial charge in [-0.1, -0.05) is 30.3 Å². The Morgan fingerprint density at radius 1 is 1.30 bits per heavy atom. The Morgan fingerprint density at radius 2 is 1.96 bits per heavy atom. The molecule has 0 spiro atoms. The van der Waals surface area contributed by atoms with Gasteiger partial charge < -0.3 is 14.7 Å². The van der Waals surface area contributed by atoms with Gasteiger partial charge in [-0.05, 0) is 37.7 Å². The van der Waals surface area contributed by atoms with Crippen molar-refractivity contribution in [3.63, 3.8) is 0 Å². The Morgan fingerprint density at radius 3 is 2.57 bits per heavy atom. The van der Waals surface area contributed by atoms with E-state index in [4.69, 9.17) is 10.00 Å². The highest BCUT2D eigenvalue weighted by Gasteiger charge is 2.47. The molecule has 2 atom stereocenters. The van der Waals surface area contributed by atoms with Crippen LogP contribution in [0, 0.1) is 11.3 Å². The van der Waals surface area contributed by atoms with E-state index in [1.54, 1.807) is 4.90 Å². The van der Waals surface area contributed by atoms with Crippen LogP contribution in [0.15, 0.2) is 30.3 Å². The molecule has 1 N–H and O–H groups in total. The van der Waals surface area contributed by atoms with Crippen LogP contribution in [0.3, 0.4) is 0 Å². The Hall–Kier alpha value is -2.06. The third-order valence-corrected chi connectivity index (χ3v) is 4.92. The van der Waals surface area contributed by atoms with E-state index in [2.05, 4.69) is 6.07 Å². The number of aliphatic hydroxyl groups is 1. The number of piperidine rings is 2. The highest BCUT2D eigenvalue weighted by molar-refractivity contribution is 5.69. The first kappa shape index (κ1) is 15.8. The predicted molar refractivity (Wildman–Crippen MR) is 84.3 cm³/mol. The van der Waals surface area contributed by atoms with Gasteiger partial charge in [-0.3, -0.25) is 0 Å². The number of nitriles is 1. The molecule has 0 aromatic heterocycles.